The topological polar surface area (TPSA) is 105 Å². The summed E-state index contributed by atoms with van der Waals surface area (Å²) in [6.07, 6.45) is 3.35. The van der Waals surface area contributed by atoms with Gasteiger partial charge >= 0.3 is 5.69 Å². The number of rotatable bonds is 5. The van der Waals surface area contributed by atoms with E-state index < -0.39 is 4.92 Å². The van der Waals surface area contributed by atoms with E-state index in [1.165, 1.54) is 21.3 Å². The fraction of sp³-hybridized carbons (Fsp3) is 0.278. The van der Waals surface area contributed by atoms with Gasteiger partial charge in [0.25, 0.3) is 11.2 Å². The summed E-state index contributed by atoms with van der Waals surface area (Å²) in [7, 11) is 1.70. The Bertz CT molecular complexity index is 1180. The van der Waals surface area contributed by atoms with Gasteiger partial charge in [-0.15, -0.1) is 0 Å². The van der Waals surface area contributed by atoms with E-state index in [0.29, 0.717) is 29.1 Å². The van der Waals surface area contributed by atoms with E-state index in [2.05, 4.69) is 4.98 Å². The normalized spacial score (nSPS) is 11.5. The first-order chi connectivity index (χ1) is 12.9. The number of hydrogen-bond acceptors (Lipinski definition) is 5. The fourth-order valence-corrected chi connectivity index (χ4v) is 3.01. The Morgan fingerprint density at radius 2 is 1.85 bits per heavy atom. The first kappa shape index (κ1) is 18.3. The van der Waals surface area contributed by atoms with E-state index in [1.807, 2.05) is 6.92 Å². The largest absolute Gasteiger partial charge is 0.332 e. The van der Waals surface area contributed by atoms with Crippen molar-refractivity contribution in [2.75, 3.05) is 0 Å². The number of benzene rings is 1. The highest BCUT2D eigenvalue weighted by Crippen LogP contribution is 2.17. The van der Waals surface area contributed by atoms with Crippen molar-refractivity contribution in [1.82, 2.24) is 18.7 Å². The maximum Gasteiger partial charge on any atom is 0.332 e. The number of aromatic nitrogens is 4. The first-order valence-corrected chi connectivity index (χ1v) is 8.51. The summed E-state index contributed by atoms with van der Waals surface area (Å²) in [4.78, 5) is 40.0. The number of nitro benzene ring substituents is 1. The Labute approximate surface area is 154 Å². The molecular weight excluding hydrogens is 350 g/mol. The molecule has 0 fully saturated rings. The van der Waals surface area contributed by atoms with Crippen LogP contribution in [0.3, 0.4) is 0 Å². The van der Waals surface area contributed by atoms with Crippen molar-refractivity contribution < 1.29 is 4.92 Å². The van der Waals surface area contributed by atoms with Gasteiger partial charge in [0.15, 0.2) is 11.2 Å². The van der Waals surface area contributed by atoms with E-state index >= 15 is 0 Å². The van der Waals surface area contributed by atoms with Crippen LogP contribution in [0.2, 0.25) is 0 Å². The molecule has 0 aliphatic carbocycles. The van der Waals surface area contributed by atoms with Crippen LogP contribution in [-0.2, 0) is 20.1 Å². The van der Waals surface area contributed by atoms with Gasteiger partial charge in [-0.05, 0) is 25.5 Å². The molecule has 2 heterocycles. The summed E-state index contributed by atoms with van der Waals surface area (Å²) >= 11 is 0. The lowest BCUT2D eigenvalue weighted by atomic mass is 10.2. The summed E-state index contributed by atoms with van der Waals surface area (Å²) in [5, 5.41) is 10.9. The number of hydrogen-bond donors (Lipinski definition) is 0. The van der Waals surface area contributed by atoms with Crippen molar-refractivity contribution >= 4 is 29.0 Å². The van der Waals surface area contributed by atoms with E-state index in [1.54, 1.807) is 42.8 Å². The molecule has 3 rings (SSSR count). The third kappa shape index (κ3) is 3.07. The molecule has 1 aromatic carbocycles. The van der Waals surface area contributed by atoms with Crippen LogP contribution in [0.1, 0.15) is 25.2 Å². The zero-order valence-electron chi connectivity index (χ0n) is 15.2. The smallest absolute Gasteiger partial charge is 0.322 e. The molecule has 0 N–H and O–H groups in total. The van der Waals surface area contributed by atoms with Gasteiger partial charge in [0.2, 0.25) is 0 Å². The molecule has 0 aliphatic heterocycles. The molecule has 0 saturated carbocycles. The third-order valence-corrected chi connectivity index (χ3v) is 4.41. The lowest BCUT2D eigenvalue weighted by Gasteiger charge is -2.08. The highest BCUT2D eigenvalue weighted by molar-refractivity contribution is 5.76. The summed E-state index contributed by atoms with van der Waals surface area (Å²) in [6.45, 7) is 4.23. The van der Waals surface area contributed by atoms with E-state index in [9.17, 15) is 19.7 Å². The second-order valence-corrected chi connectivity index (χ2v) is 5.96. The zero-order valence-corrected chi connectivity index (χ0v) is 15.2. The highest BCUT2D eigenvalue weighted by atomic mass is 16.6. The number of imidazole rings is 1. The van der Waals surface area contributed by atoms with Crippen molar-refractivity contribution in [2.24, 2.45) is 7.05 Å². The maximum atomic E-state index is 12.7. The van der Waals surface area contributed by atoms with Crippen LogP contribution >= 0.6 is 0 Å². The second kappa shape index (κ2) is 7.02. The first-order valence-electron chi connectivity index (χ1n) is 8.51. The van der Waals surface area contributed by atoms with Gasteiger partial charge in [0, 0.05) is 32.3 Å². The molecule has 0 spiro atoms. The minimum absolute atomic E-state index is 0.00666. The summed E-state index contributed by atoms with van der Waals surface area (Å²) < 4.78 is 4.27. The molecule has 9 heteroatoms. The van der Waals surface area contributed by atoms with Gasteiger partial charge < -0.3 is 4.57 Å². The molecule has 0 amide bonds. The van der Waals surface area contributed by atoms with Gasteiger partial charge in [-0.2, -0.15) is 0 Å². The number of fused-ring (bicyclic) bond motifs is 1. The Balaban J connectivity index is 2.17. The quantitative estimate of drug-likeness (QED) is 0.505. The summed E-state index contributed by atoms with van der Waals surface area (Å²) in [5.74, 6) is 0.476. The number of aryl methyl sites for hydroxylation is 2. The Morgan fingerprint density at radius 3 is 2.48 bits per heavy atom. The monoisotopic (exact) mass is 369 g/mol. The second-order valence-electron chi connectivity index (χ2n) is 5.96. The van der Waals surface area contributed by atoms with E-state index in [-0.39, 0.29) is 23.5 Å². The molecule has 0 saturated heterocycles. The van der Waals surface area contributed by atoms with Crippen molar-refractivity contribution in [3.8, 4) is 0 Å². The van der Waals surface area contributed by atoms with Gasteiger partial charge in [-0.3, -0.25) is 24.0 Å². The highest BCUT2D eigenvalue weighted by Gasteiger charge is 2.17. The van der Waals surface area contributed by atoms with Crippen LogP contribution in [0.4, 0.5) is 5.69 Å². The standard InChI is InChI=1S/C18H19N5O4/c1-4-21-16-15(17(24)22(5-2)18(21)25)20(3)14(19-16)10-9-12-7-6-8-13(11-12)23(26)27/h6-11H,4-5H2,1-3H3. The average molecular weight is 369 g/mol. The lowest BCUT2D eigenvalue weighted by molar-refractivity contribution is -0.384. The summed E-state index contributed by atoms with van der Waals surface area (Å²) in [5.41, 5.74) is 0.537. The Hall–Kier alpha value is -3.49. The van der Waals surface area contributed by atoms with Crippen LogP contribution < -0.4 is 11.2 Å². The fourth-order valence-electron chi connectivity index (χ4n) is 3.01. The number of nitro groups is 1. The minimum Gasteiger partial charge on any atom is -0.322 e. The minimum atomic E-state index is -0.459. The molecule has 9 nitrogen and oxygen atoms in total. The predicted molar refractivity (Wildman–Crippen MR) is 103 cm³/mol. The van der Waals surface area contributed by atoms with Crippen LogP contribution in [0.25, 0.3) is 23.3 Å². The zero-order chi connectivity index (χ0) is 19.7. The molecule has 0 atom stereocenters. The molecule has 0 aliphatic rings. The van der Waals surface area contributed by atoms with Gasteiger partial charge in [0.1, 0.15) is 5.82 Å². The summed E-state index contributed by atoms with van der Waals surface area (Å²) in [6, 6.07) is 6.20. The third-order valence-electron chi connectivity index (χ3n) is 4.41. The molecule has 27 heavy (non-hydrogen) atoms. The lowest BCUT2D eigenvalue weighted by Crippen LogP contribution is -2.39. The van der Waals surface area contributed by atoms with Crippen LogP contribution in [0.15, 0.2) is 33.9 Å². The maximum absolute atomic E-state index is 12.7. The van der Waals surface area contributed by atoms with Crippen LogP contribution in [0.5, 0.6) is 0 Å². The van der Waals surface area contributed by atoms with E-state index in [0.717, 1.165) is 0 Å². The Kier molecular flexibility index (Phi) is 4.76. The molecule has 2 aromatic heterocycles. The average Bonchev–Trinajstić information content (AvgIpc) is 2.97. The SMILES string of the molecule is CCn1c(=O)c2c(nc(C=Cc3cccc([N+](=O)[O-])c3)n2C)n(CC)c1=O. The predicted octanol–water partition coefficient (Wildman–Crippen LogP) is 2.02. The molecular formula is C18H19N5O4. The Morgan fingerprint density at radius 1 is 1.15 bits per heavy atom. The molecule has 0 unspecified atom stereocenters. The number of nitrogens with zero attached hydrogens (tertiary/aromatic N) is 5. The van der Waals surface area contributed by atoms with Crippen molar-refractivity contribution in [3.63, 3.8) is 0 Å². The van der Waals surface area contributed by atoms with Crippen molar-refractivity contribution in [2.45, 2.75) is 26.9 Å². The van der Waals surface area contributed by atoms with Crippen molar-refractivity contribution in [3.05, 3.63) is 66.6 Å². The molecule has 0 radical (unpaired) electrons. The number of non-ortho nitro benzene ring substituents is 1. The van der Waals surface area contributed by atoms with Crippen molar-refractivity contribution in [1.29, 1.82) is 0 Å². The van der Waals surface area contributed by atoms with Gasteiger partial charge in [-0.1, -0.05) is 18.2 Å². The molecule has 0 bridgehead atoms. The van der Waals surface area contributed by atoms with E-state index in [4.69, 9.17) is 0 Å². The van der Waals surface area contributed by atoms with Gasteiger partial charge in [0.05, 0.1) is 4.92 Å². The molecule has 3 aromatic rings. The van der Waals surface area contributed by atoms with Crippen LogP contribution in [-0.4, -0.2) is 23.6 Å². The van der Waals surface area contributed by atoms with Crippen LogP contribution in [0, 0.1) is 10.1 Å². The molecule has 140 valence electrons. The van der Waals surface area contributed by atoms with Gasteiger partial charge in [-0.25, -0.2) is 9.78 Å².